The number of nitrogens with zero attached hydrogens (tertiary/aromatic N) is 2. The van der Waals surface area contributed by atoms with E-state index in [9.17, 15) is 9.59 Å². The Morgan fingerprint density at radius 1 is 1.08 bits per heavy atom. The summed E-state index contributed by atoms with van der Waals surface area (Å²) in [7, 11) is 2.04. The average molecular weight is 347 g/mol. The van der Waals surface area contributed by atoms with E-state index in [-0.39, 0.29) is 5.91 Å². The Hall–Kier alpha value is -2.08. The number of hydrogen-bond acceptors (Lipinski definition) is 4. The van der Waals surface area contributed by atoms with Crippen LogP contribution in [0.4, 0.5) is 4.79 Å². The highest BCUT2D eigenvalue weighted by Gasteiger charge is 2.30. The molecule has 1 aliphatic rings. The van der Waals surface area contributed by atoms with Crippen LogP contribution in [-0.2, 0) is 9.53 Å². The number of benzene rings is 1. The highest BCUT2D eigenvalue weighted by atomic mass is 16.6. The third-order valence-corrected chi connectivity index (χ3v) is 4.13. The van der Waals surface area contributed by atoms with E-state index in [0.29, 0.717) is 13.1 Å². The molecule has 0 spiro atoms. The van der Waals surface area contributed by atoms with E-state index < -0.39 is 17.7 Å². The number of rotatable bonds is 3. The maximum absolute atomic E-state index is 13.0. The molecule has 6 heteroatoms. The van der Waals surface area contributed by atoms with Crippen molar-refractivity contribution >= 4 is 12.0 Å². The van der Waals surface area contributed by atoms with Crippen molar-refractivity contribution in [3.05, 3.63) is 35.4 Å². The summed E-state index contributed by atoms with van der Waals surface area (Å²) in [6, 6.07) is 6.91. The molecule has 1 aromatic rings. The molecule has 1 aromatic carbocycles. The van der Waals surface area contributed by atoms with Crippen LogP contribution in [0.15, 0.2) is 24.3 Å². The van der Waals surface area contributed by atoms with Crippen LogP contribution in [-0.4, -0.2) is 60.6 Å². The van der Waals surface area contributed by atoms with Crippen molar-refractivity contribution in [2.24, 2.45) is 0 Å². The van der Waals surface area contributed by atoms with Gasteiger partial charge in [-0.3, -0.25) is 4.79 Å². The number of aryl methyl sites for hydroxylation is 1. The van der Waals surface area contributed by atoms with Gasteiger partial charge in [0.05, 0.1) is 0 Å². The van der Waals surface area contributed by atoms with Crippen molar-refractivity contribution in [3.8, 4) is 0 Å². The van der Waals surface area contributed by atoms with Gasteiger partial charge in [-0.2, -0.15) is 0 Å². The number of alkyl carbamates (subject to hydrolysis) is 1. The Kier molecular flexibility index (Phi) is 6.06. The summed E-state index contributed by atoms with van der Waals surface area (Å²) < 4.78 is 5.34. The van der Waals surface area contributed by atoms with E-state index in [4.69, 9.17) is 4.74 Å². The SMILES string of the molecule is Cc1ccc([C@@H](NC(=O)OC(C)(C)C)C(=O)N2CCN(C)CC2)cc1. The molecule has 2 rings (SSSR count). The summed E-state index contributed by atoms with van der Waals surface area (Å²) in [6.07, 6.45) is -0.583. The number of likely N-dealkylation sites (N-methyl/N-ethyl adjacent to an activating group) is 1. The van der Waals surface area contributed by atoms with Gasteiger partial charge in [-0.25, -0.2) is 4.79 Å². The van der Waals surface area contributed by atoms with Crippen LogP contribution in [0.2, 0.25) is 0 Å². The van der Waals surface area contributed by atoms with Gasteiger partial charge in [0.25, 0.3) is 0 Å². The van der Waals surface area contributed by atoms with Gasteiger partial charge in [0, 0.05) is 26.2 Å². The first kappa shape index (κ1) is 19.2. The third kappa shape index (κ3) is 5.74. The number of piperazine rings is 1. The molecule has 0 aliphatic carbocycles. The molecule has 0 saturated carbocycles. The number of nitrogens with one attached hydrogen (secondary N) is 1. The zero-order valence-electron chi connectivity index (χ0n) is 15.8. The van der Waals surface area contributed by atoms with Gasteiger partial charge in [0.2, 0.25) is 5.91 Å². The summed E-state index contributed by atoms with van der Waals surface area (Å²) in [5.41, 5.74) is 1.26. The maximum Gasteiger partial charge on any atom is 0.408 e. The predicted octanol–water partition coefficient (Wildman–Crippen LogP) is 2.33. The van der Waals surface area contributed by atoms with Gasteiger partial charge >= 0.3 is 6.09 Å². The number of carbonyl (C=O) groups excluding carboxylic acids is 2. The molecule has 138 valence electrons. The standard InChI is InChI=1S/C19H29N3O3/c1-14-6-8-15(9-7-14)16(20-18(24)25-19(2,3)4)17(23)22-12-10-21(5)11-13-22/h6-9,16H,10-13H2,1-5H3,(H,20,24)/t16-/m1/s1. The largest absolute Gasteiger partial charge is 0.444 e. The van der Waals surface area contributed by atoms with Crippen LogP contribution >= 0.6 is 0 Å². The van der Waals surface area contributed by atoms with Crippen molar-refractivity contribution in [2.75, 3.05) is 33.2 Å². The molecule has 0 unspecified atom stereocenters. The van der Waals surface area contributed by atoms with Gasteiger partial charge in [-0.1, -0.05) is 29.8 Å². The first-order valence-corrected chi connectivity index (χ1v) is 8.69. The predicted molar refractivity (Wildman–Crippen MR) is 97.4 cm³/mol. The summed E-state index contributed by atoms with van der Waals surface area (Å²) in [6.45, 7) is 10.4. The Balaban J connectivity index is 2.18. The smallest absolute Gasteiger partial charge is 0.408 e. The molecular formula is C19H29N3O3. The molecule has 1 saturated heterocycles. The van der Waals surface area contributed by atoms with E-state index in [0.717, 1.165) is 24.2 Å². The van der Waals surface area contributed by atoms with Crippen LogP contribution in [0.25, 0.3) is 0 Å². The molecule has 0 radical (unpaired) electrons. The average Bonchev–Trinajstić information content (AvgIpc) is 2.52. The summed E-state index contributed by atoms with van der Waals surface area (Å²) in [5.74, 6) is -0.0946. The van der Waals surface area contributed by atoms with Crippen molar-refractivity contribution in [1.29, 1.82) is 0 Å². The molecule has 6 nitrogen and oxygen atoms in total. The monoisotopic (exact) mass is 347 g/mol. The highest BCUT2D eigenvalue weighted by Crippen LogP contribution is 2.19. The Bertz CT molecular complexity index is 599. The summed E-state index contributed by atoms with van der Waals surface area (Å²) in [5, 5.41) is 2.75. The fourth-order valence-corrected chi connectivity index (χ4v) is 2.68. The lowest BCUT2D eigenvalue weighted by atomic mass is 10.0. The number of ether oxygens (including phenoxy) is 1. The second kappa shape index (κ2) is 7.87. The topological polar surface area (TPSA) is 61.9 Å². The minimum atomic E-state index is -0.737. The lowest BCUT2D eigenvalue weighted by molar-refractivity contribution is -0.135. The number of amides is 2. The minimum Gasteiger partial charge on any atom is -0.444 e. The number of carbonyl (C=O) groups is 2. The molecule has 1 heterocycles. The zero-order chi connectivity index (χ0) is 18.6. The second-order valence-corrected chi connectivity index (χ2v) is 7.62. The molecule has 1 aliphatic heterocycles. The second-order valence-electron chi connectivity index (χ2n) is 7.62. The Morgan fingerprint density at radius 3 is 2.16 bits per heavy atom. The molecule has 1 fully saturated rings. The van der Waals surface area contributed by atoms with Crippen molar-refractivity contribution in [2.45, 2.75) is 39.3 Å². The minimum absolute atomic E-state index is 0.0946. The molecule has 25 heavy (non-hydrogen) atoms. The fourth-order valence-electron chi connectivity index (χ4n) is 2.68. The maximum atomic E-state index is 13.0. The fraction of sp³-hybridized carbons (Fsp3) is 0.579. The van der Waals surface area contributed by atoms with Gasteiger partial charge in [-0.15, -0.1) is 0 Å². The summed E-state index contributed by atoms with van der Waals surface area (Å²) >= 11 is 0. The van der Waals surface area contributed by atoms with Crippen molar-refractivity contribution in [3.63, 3.8) is 0 Å². The van der Waals surface area contributed by atoms with Gasteiger partial charge in [-0.05, 0) is 40.3 Å². The van der Waals surface area contributed by atoms with Gasteiger partial charge in [0.1, 0.15) is 11.6 Å². The lowest BCUT2D eigenvalue weighted by Gasteiger charge is -2.35. The van der Waals surface area contributed by atoms with Crippen LogP contribution in [0.1, 0.15) is 37.9 Å². The lowest BCUT2D eigenvalue weighted by Crippen LogP contribution is -2.51. The van der Waals surface area contributed by atoms with E-state index in [1.54, 1.807) is 20.8 Å². The molecular weight excluding hydrogens is 318 g/mol. The molecule has 0 bridgehead atoms. The molecule has 1 atom stereocenters. The van der Waals surface area contributed by atoms with E-state index >= 15 is 0 Å². The van der Waals surface area contributed by atoms with Crippen LogP contribution < -0.4 is 5.32 Å². The Morgan fingerprint density at radius 2 is 1.64 bits per heavy atom. The van der Waals surface area contributed by atoms with Crippen LogP contribution in [0.3, 0.4) is 0 Å². The highest BCUT2D eigenvalue weighted by molar-refractivity contribution is 5.87. The summed E-state index contributed by atoms with van der Waals surface area (Å²) in [4.78, 5) is 29.3. The van der Waals surface area contributed by atoms with E-state index in [1.807, 2.05) is 43.1 Å². The Labute approximate surface area is 150 Å². The molecule has 2 amide bonds. The van der Waals surface area contributed by atoms with Crippen molar-refractivity contribution in [1.82, 2.24) is 15.1 Å². The molecule has 1 N–H and O–H groups in total. The molecule has 0 aromatic heterocycles. The van der Waals surface area contributed by atoms with Crippen LogP contribution in [0.5, 0.6) is 0 Å². The number of hydrogen-bond donors (Lipinski definition) is 1. The quantitative estimate of drug-likeness (QED) is 0.912. The third-order valence-electron chi connectivity index (χ3n) is 4.13. The first-order valence-electron chi connectivity index (χ1n) is 8.69. The van der Waals surface area contributed by atoms with Crippen LogP contribution in [0, 0.1) is 6.92 Å². The van der Waals surface area contributed by atoms with E-state index in [2.05, 4.69) is 10.2 Å². The van der Waals surface area contributed by atoms with Crippen molar-refractivity contribution < 1.29 is 14.3 Å². The zero-order valence-corrected chi connectivity index (χ0v) is 15.8. The normalized spacial score (nSPS) is 17.1. The van der Waals surface area contributed by atoms with Gasteiger partial charge < -0.3 is 19.9 Å². The first-order chi connectivity index (χ1) is 11.7. The van der Waals surface area contributed by atoms with E-state index in [1.165, 1.54) is 0 Å². The van der Waals surface area contributed by atoms with Gasteiger partial charge in [0.15, 0.2) is 0 Å².